The fraction of sp³-hybridized carbons (Fsp3) is 0.625. The van der Waals surface area contributed by atoms with E-state index in [-0.39, 0.29) is 18.9 Å². The molecule has 1 N–H and O–H groups in total. The summed E-state index contributed by atoms with van der Waals surface area (Å²) in [4.78, 5) is 31.2. The van der Waals surface area contributed by atoms with Crippen molar-refractivity contribution < 1.29 is 19.1 Å². The number of nitrogens with one attached hydrogen (secondary N) is 1. The van der Waals surface area contributed by atoms with E-state index in [2.05, 4.69) is 10.1 Å². The summed E-state index contributed by atoms with van der Waals surface area (Å²) in [6.45, 7) is 2.81. The maximum atomic E-state index is 10.9. The second-order valence-electron chi connectivity index (χ2n) is 2.50. The van der Waals surface area contributed by atoms with E-state index in [9.17, 15) is 14.4 Å². The standard InChI is InChI=1S/C8H12NO4/c1-6(5-10)9-8(12)3-4-13-7(2)11/h6H,3-4H2,1-2H3,(H,9,12)/t6-/m0/s1. The lowest BCUT2D eigenvalue weighted by Gasteiger charge is -2.06. The van der Waals surface area contributed by atoms with Crippen LogP contribution in [0.3, 0.4) is 0 Å². The summed E-state index contributed by atoms with van der Waals surface area (Å²) in [5.41, 5.74) is 0. The Balaban J connectivity index is 3.51. The molecule has 0 aliphatic rings. The first-order chi connectivity index (χ1) is 6.06. The number of amides is 1. The monoisotopic (exact) mass is 186 g/mol. The van der Waals surface area contributed by atoms with Crippen LogP contribution in [-0.4, -0.2) is 30.8 Å². The van der Waals surface area contributed by atoms with E-state index in [4.69, 9.17) is 0 Å². The summed E-state index contributed by atoms with van der Waals surface area (Å²) in [5.74, 6) is -0.764. The van der Waals surface area contributed by atoms with Crippen molar-refractivity contribution in [2.24, 2.45) is 0 Å². The van der Waals surface area contributed by atoms with Crippen LogP contribution in [0.15, 0.2) is 0 Å². The molecule has 0 aromatic carbocycles. The summed E-state index contributed by atoms with van der Waals surface area (Å²) in [5, 5.41) is 2.35. The highest BCUT2D eigenvalue weighted by Gasteiger charge is 2.06. The number of hydrogen-bond donors (Lipinski definition) is 1. The molecule has 0 bridgehead atoms. The lowest BCUT2D eigenvalue weighted by molar-refractivity contribution is -0.141. The first-order valence-corrected chi connectivity index (χ1v) is 3.86. The minimum atomic E-state index is -0.621. The molecule has 5 nitrogen and oxygen atoms in total. The van der Waals surface area contributed by atoms with Gasteiger partial charge in [-0.25, -0.2) is 0 Å². The molecule has 0 aromatic rings. The molecule has 0 aromatic heterocycles. The average Bonchev–Trinajstić information content (AvgIpc) is 2.03. The zero-order valence-corrected chi connectivity index (χ0v) is 7.62. The molecular weight excluding hydrogens is 174 g/mol. The van der Waals surface area contributed by atoms with E-state index in [1.165, 1.54) is 13.8 Å². The fourth-order valence-electron chi connectivity index (χ4n) is 0.631. The third-order valence-corrected chi connectivity index (χ3v) is 1.19. The van der Waals surface area contributed by atoms with Crippen molar-refractivity contribution >= 4 is 18.2 Å². The molecule has 1 atom stereocenters. The van der Waals surface area contributed by atoms with Gasteiger partial charge in [-0.1, -0.05) is 0 Å². The van der Waals surface area contributed by atoms with Crippen LogP contribution >= 0.6 is 0 Å². The molecule has 0 saturated carbocycles. The van der Waals surface area contributed by atoms with Crippen LogP contribution in [0.4, 0.5) is 0 Å². The van der Waals surface area contributed by atoms with E-state index in [0.717, 1.165) is 0 Å². The van der Waals surface area contributed by atoms with Gasteiger partial charge in [-0.2, -0.15) is 0 Å². The van der Waals surface area contributed by atoms with Gasteiger partial charge in [-0.3, -0.25) is 14.4 Å². The molecule has 13 heavy (non-hydrogen) atoms. The van der Waals surface area contributed by atoms with Crippen molar-refractivity contribution in [1.29, 1.82) is 0 Å². The smallest absolute Gasteiger partial charge is 0.302 e. The Bertz CT molecular complexity index is 202. The van der Waals surface area contributed by atoms with Crippen molar-refractivity contribution in [1.82, 2.24) is 5.32 Å². The molecule has 0 unspecified atom stereocenters. The van der Waals surface area contributed by atoms with Gasteiger partial charge in [-0.05, 0) is 6.92 Å². The lowest BCUT2D eigenvalue weighted by atomic mass is 10.3. The Hall–Kier alpha value is -1.39. The Morgan fingerprint density at radius 3 is 2.62 bits per heavy atom. The number of rotatable bonds is 5. The zero-order chi connectivity index (χ0) is 10.3. The van der Waals surface area contributed by atoms with Gasteiger partial charge in [0.05, 0.1) is 12.5 Å². The second kappa shape index (κ2) is 6.16. The molecule has 0 aliphatic heterocycles. The Morgan fingerprint density at radius 1 is 1.54 bits per heavy atom. The molecule has 73 valence electrons. The number of carbonyl (C=O) groups excluding carboxylic acids is 3. The van der Waals surface area contributed by atoms with Crippen molar-refractivity contribution in [2.75, 3.05) is 6.61 Å². The van der Waals surface area contributed by atoms with E-state index < -0.39 is 12.0 Å². The number of ether oxygens (including phenoxy) is 1. The molecule has 0 rings (SSSR count). The molecule has 0 saturated heterocycles. The van der Waals surface area contributed by atoms with Gasteiger partial charge in [0.25, 0.3) is 0 Å². The van der Waals surface area contributed by atoms with Crippen LogP contribution in [0.1, 0.15) is 20.3 Å². The van der Waals surface area contributed by atoms with Crippen molar-refractivity contribution in [3.8, 4) is 0 Å². The molecule has 0 heterocycles. The maximum Gasteiger partial charge on any atom is 0.302 e. The fourth-order valence-corrected chi connectivity index (χ4v) is 0.631. The van der Waals surface area contributed by atoms with Crippen molar-refractivity contribution in [2.45, 2.75) is 26.3 Å². The van der Waals surface area contributed by atoms with Crippen LogP contribution in [0.25, 0.3) is 0 Å². The van der Waals surface area contributed by atoms with Gasteiger partial charge in [0, 0.05) is 6.92 Å². The summed E-state index contributed by atoms with van der Waals surface area (Å²) in [6, 6.07) is -0.621. The predicted molar refractivity (Wildman–Crippen MR) is 44.5 cm³/mol. The molecule has 0 fully saturated rings. The topological polar surface area (TPSA) is 72.5 Å². The highest BCUT2D eigenvalue weighted by molar-refractivity contribution is 5.79. The zero-order valence-electron chi connectivity index (χ0n) is 7.62. The highest BCUT2D eigenvalue weighted by atomic mass is 16.5. The Kier molecular flexibility index (Phi) is 5.50. The summed E-state index contributed by atoms with van der Waals surface area (Å²) < 4.78 is 4.53. The van der Waals surface area contributed by atoms with E-state index >= 15 is 0 Å². The van der Waals surface area contributed by atoms with Gasteiger partial charge in [0.2, 0.25) is 12.2 Å². The van der Waals surface area contributed by atoms with Crippen LogP contribution in [0.2, 0.25) is 0 Å². The normalized spacial score (nSPS) is 11.5. The molecule has 5 heteroatoms. The van der Waals surface area contributed by atoms with Gasteiger partial charge in [0.1, 0.15) is 6.61 Å². The number of esters is 1. The third-order valence-electron chi connectivity index (χ3n) is 1.19. The van der Waals surface area contributed by atoms with E-state index in [1.807, 2.05) is 0 Å². The molecular formula is C8H12NO4. The summed E-state index contributed by atoms with van der Waals surface area (Å²) >= 11 is 0. The quantitative estimate of drug-likeness (QED) is 0.590. The third kappa shape index (κ3) is 6.99. The summed E-state index contributed by atoms with van der Waals surface area (Å²) in [6.07, 6.45) is 1.67. The van der Waals surface area contributed by atoms with Crippen LogP contribution in [0, 0.1) is 0 Å². The van der Waals surface area contributed by atoms with Crippen LogP contribution in [0.5, 0.6) is 0 Å². The van der Waals surface area contributed by atoms with Gasteiger partial charge < -0.3 is 10.1 Å². The Labute approximate surface area is 76.4 Å². The van der Waals surface area contributed by atoms with Gasteiger partial charge in [0.15, 0.2) is 0 Å². The molecule has 0 spiro atoms. The SMILES string of the molecule is CC(=O)OCCC(=O)N[C@@H](C)[C]=O. The van der Waals surface area contributed by atoms with Gasteiger partial charge in [-0.15, -0.1) is 0 Å². The van der Waals surface area contributed by atoms with Crippen molar-refractivity contribution in [3.05, 3.63) is 0 Å². The second-order valence-corrected chi connectivity index (χ2v) is 2.50. The van der Waals surface area contributed by atoms with Crippen molar-refractivity contribution in [3.63, 3.8) is 0 Å². The Morgan fingerprint density at radius 2 is 2.15 bits per heavy atom. The predicted octanol–water partition coefficient (Wildman–Crippen LogP) is -0.446. The highest BCUT2D eigenvalue weighted by Crippen LogP contribution is 1.85. The number of carbonyl (C=O) groups is 2. The van der Waals surface area contributed by atoms with Crippen LogP contribution in [-0.2, 0) is 19.1 Å². The number of hydrogen-bond acceptors (Lipinski definition) is 4. The summed E-state index contributed by atoms with van der Waals surface area (Å²) in [7, 11) is 0. The first-order valence-electron chi connectivity index (χ1n) is 3.86. The minimum Gasteiger partial charge on any atom is -0.465 e. The van der Waals surface area contributed by atoms with E-state index in [1.54, 1.807) is 6.29 Å². The van der Waals surface area contributed by atoms with E-state index in [0.29, 0.717) is 0 Å². The van der Waals surface area contributed by atoms with Gasteiger partial charge >= 0.3 is 5.97 Å². The lowest BCUT2D eigenvalue weighted by Crippen LogP contribution is -2.34. The molecule has 1 amide bonds. The maximum absolute atomic E-state index is 10.9. The minimum absolute atomic E-state index is 0.0345. The molecule has 1 radical (unpaired) electrons. The largest absolute Gasteiger partial charge is 0.465 e. The van der Waals surface area contributed by atoms with Crippen LogP contribution < -0.4 is 5.32 Å². The molecule has 0 aliphatic carbocycles. The average molecular weight is 186 g/mol. The first kappa shape index (κ1) is 11.6.